The van der Waals surface area contributed by atoms with Crippen LogP contribution in [0, 0.1) is 0 Å². The summed E-state index contributed by atoms with van der Waals surface area (Å²) in [4.78, 5) is 0. The Morgan fingerprint density at radius 3 is 0.538 bits per heavy atom. The van der Waals surface area contributed by atoms with Crippen molar-refractivity contribution in [2.24, 2.45) is 0 Å². The lowest BCUT2D eigenvalue weighted by Gasteiger charge is -2.50. The number of allylic oxidation sites excluding steroid dienone is 1. The van der Waals surface area contributed by atoms with E-state index < -0.39 is 126 Å². The van der Waals surface area contributed by atoms with Gasteiger partial charge < -0.3 is 18.9 Å². The molecule has 0 aliphatic heterocycles. The molecule has 4 nitrogen and oxygen atoms in total. The van der Waals surface area contributed by atoms with Crippen molar-refractivity contribution in [3.05, 3.63) is 11.5 Å². The van der Waals surface area contributed by atoms with Crippen LogP contribution in [0.25, 0.3) is 0 Å². The van der Waals surface area contributed by atoms with Gasteiger partial charge in [0.1, 0.15) is 0 Å². The third-order valence-electron chi connectivity index (χ3n) is 7.49. The lowest BCUT2D eigenvalue weighted by Crippen LogP contribution is -2.78. The molecule has 0 N–H and O–H groups in total. The predicted octanol–water partition coefficient (Wildman–Crippen LogP) is 12.9. The minimum Gasteiger partial charge on any atom is -0.457 e. The highest BCUT2D eigenvalue weighted by Crippen LogP contribution is 2.72. The second-order valence-corrected chi connectivity index (χ2v) is 11.5. The van der Waals surface area contributed by atoms with E-state index in [9.17, 15) is 158 Å². The van der Waals surface area contributed by atoms with Crippen LogP contribution in [0.3, 0.4) is 0 Å². The Hall–Kier alpha value is -3.54. The van der Waals surface area contributed by atoms with Crippen molar-refractivity contribution in [2.75, 3.05) is 0 Å². The molecule has 1 aliphatic rings. The average Bonchev–Trinajstić information content (AvgIpc) is 3.01. The Balaban J connectivity index is 5.92. The molecule has 0 fully saturated rings. The second kappa shape index (κ2) is 14.7. The van der Waals surface area contributed by atoms with Gasteiger partial charge in [-0.15, -0.1) is 0 Å². The van der Waals surface area contributed by atoms with Crippen LogP contribution < -0.4 is 0 Å². The minimum atomic E-state index is -10.5. The molecule has 0 unspecified atom stereocenters. The summed E-state index contributed by atoms with van der Waals surface area (Å²) in [6, 6.07) is 0. The first-order valence-electron chi connectivity index (χ1n) is 13.4. The van der Waals surface area contributed by atoms with Crippen LogP contribution in [0.5, 0.6) is 0 Å². The molecule has 0 saturated heterocycles. The average molecular weight is 1080 g/mol. The molecule has 1 aliphatic carbocycles. The van der Waals surface area contributed by atoms with Crippen LogP contribution in [0.4, 0.5) is 176 Å². The fourth-order valence-electron chi connectivity index (χ4n) is 4.61. The summed E-state index contributed by atoms with van der Waals surface area (Å²) < 4.78 is 562. The lowest BCUT2D eigenvalue weighted by molar-refractivity contribution is -0.557. The summed E-state index contributed by atoms with van der Waals surface area (Å²) in [5.74, 6) is -45.3. The molecule has 0 heterocycles. The molecular formula is C21F40O4. The first-order valence-corrected chi connectivity index (χ1v) is 13.4. The summed E-state index contributed by atoms with van der Waals surface area (Å²) in [5.41, 5.74) is -40.2. The fraction of sp³-hybridized carbons (Fsp3) is 0.905. The van der Waals surface area contributed by atoms with Gasteiger partial charge in [0.05, 0.1) is 0 Å². The quantitative estimate of drug-likeness (QED) is 0.179. The molecule has 0 aromatic heterocycles. The topological polar surface area (TPSA) is 36.9 Å². The molecule has 0 radical (unpaired) electrons. The van der Waals surface area contributed by atoms with Gasteiger partial charge in [-0.25, -0.2) is 0 Å². The Morgan fingerprint density at radius 1 is 0.231 bits per heavy atom. The van der Waals surface area contributed by atoms with Crippen molar-refractivity contribution in [3.8, 4) is 0 Å². The number of alkyl halides is 40. The number of hydrogen-bond donors (Lipinski definition) is 0. The van der Waals surface area contributed by atoms with Gasteiger partial charge in [-0.2, -0.15) is 176 Å². The van der Waals surface area contributed by atoms with Gasteiger partial charge in [-0.3, -0.25) is 0 Å². The van der Waals surface area contributed by atoms with Crippen LogP contribution >= 0.6 is 0 Å². The molecule has 1 rings (SSSR count). The molecule has 388 valence electrons. The molecule has 0 aromatic carbocycles. The summed E-state index contributed by atoms with van der Waals surface area (Å²) >= 11 is 0. The van der Waals surface area contributed by atoms with Crippen molar-refractivity contribution >= 4 is 0 Å². The van der Waals surface area contributed by atoms with Crippen LogP contribution in [0.15, 0.2) is 11.5 Å². The number of hydrogen-bond acceptors (Lipinski definition) is 4. The lowest BCUT2D eigenvalue weighted by atomic mass is 9.96. The molecular weight excluding hydrogens is 1080 g/mol. The first kappa shape index (κ1) is 59.5. The maximum absolute atomic E-state index is 15.8. The number of rotatable bonds is 8. The Bertz CT molecular complexity index is 1550. The second-order valence-electron chi connectivity index (χ2n) is 11.5. The molecule has 65 heavy (non-hydrogen) atoms. The Labute approximate surface area is 321 Å². The van der Waals surface area contributed by atoms with Gasteiger partial charge in [0, 0.05) is 0 Å². The van der Waals surface area contributed by atoms with Crippen LogP contribution in [-0.2, 0) is 18.9 Å². The molecule has 0 spiro atoms. The number of halogens is 40. The van der Waals surface area contributed by atoms with E-state index in [0.29, 0.717) is 0 Å². The molecule has 0 saturated carbocycles. The molecule has 0 aromatic rings. The van der Waals surface area contributed by atoms with Gasteiger partial charge in [0.25, 0.3) is 0 Å². The maximum Gasteiger partial charge on any atom is 0.447 e. The van der Waals surface area contributed by atoms with E-state index in [0.717, 1.165) is 18.9 Å². The highest BCUT2D eigenvalue weighted by molar-refractivity contribution is 5.38. The van der Waals surface area contributed by atoms with Crippen LogP contribution in [0.1, 0.15) is 0 Å². The zero-order chi connectivity index (χ0) is 53.5. The zero-order valence-corrected chi connectivity index (χ0v) is 27.3. The predicted molar refractivity (Wildman–Crippen MR) is 108 cm³/mol. The number of ether oxygens (including phenoxy) is 4. The standard InChI is InChI=1S/C21F40O4/c22-3(23)1(62-5(10(26,27)28,11(29,30)31)12(32,33)34)2(63-6(13(35,36)37,14(38,39)40)15(41,42)43)4(9(3,24)25,64-7(16(44,45)46,17(47,48)49)18(50,51)52)65-8(19(53,54)55,20(56,57)58)21(59,60)61. The van der Waals surface area contributed by atoms with Gasteiger partial charge in [0.2, 0.25) is 11.5 Å². The monoisotopic (exact) mass is 1080 g/mol. The first-order chi connectivity index (χ1) is 27.3. The van der Waals surface area contributed by atoms with E-state index in [4.69, 9.17) is 0 Å². The molecule has 0 bridgehead atoms. The Morgan fingerprint density at radius 2 is 0.385 bits per heavy atom. The van der Waals surface area contributed by atoms with Gasteiger partial charge in [-0.05, 0) is 0 Å². The molecule has 0 amide bonds. The maximum atomic E-state index is 15.8. The van der Waals surface area contributed by atoms with Crippen molar-refractivity contribution < 1.29 is 195 Å². The molecule has 0 atom stereocenters. The Kier molecular flexibility index (Phi) is 13.5. The summed E-state index contributed by atoms with van der Waals surface area (Å²) in [7, 11) is 0. The zero-order valence-electron chi connectivity index (χ0n) is 27.3. The molecule has 44 heteroatoms. The van der Waals surface area contributed by atoms with Gasteiger partial charge in [0.15, 0.2) is 0 Å². The summed E-state index contributed by atoms with van der Waals surface area (Å²) in [6.45, 7) is 0. The van der Waals surface area contributed by atoms with E-state index >= 15 is 17.6 Å². The smallest absolute Gasteiger partial charge is 0.447 e. The summed E-state index contributed by atoms with van der Waals surface area (Å²) in [5, 5.41) is 0. The third kappa shape index (κ3) is 8.03. The van der Waals surface area contributed by atoms with Crippen molar-refractivity contribution in [1.29, 1.82) is 0 Å². The van der Waals surface area contributed by atoms with E-state index in [1.807, 2.05) is 0 Å². The van der Waals surface area contributed by atoms with E-state index in [2.05, 4.69) is 0 Å². The van der Waals surface area contributed by atoms with Crippen LogP contribution in [0.2, 0.25) is 0 Å². The van der Waals surface area contributed by atoms with Gasteiger partial charge >= 0.3 is 114 Å². The van der Waals surface area contributed by atoms with Gasteiger partial charge in [-0.1, -0.05) is 0 Å². The highest BCUT2D eigenvalue weighted by atomic mass is 19.5. The van der Waals surface area contributed by atoms with Crippen molar-refractivity contribution in [1.82, 2.24) is 0 Å². The normalized spacial score (nSPS) is 19.8. The largest absolute Gasteiger partial charge is 0.457 e. The van der Waals surface area contributed by atoms with E-state index in [-0.39, 0.29) is 0 Å². The van der Waals surface area contributed by atoms with E-state index in [1.54, 1.807) is 0 Å². The van der Waals surface area contributed by atoms with Crippen LogP contribution in [-0.4, -0.2) is 114 Å². The van der Waals surface area contributed by atoms with Crippen molar-refractivity contribution in [2.45, 2.75) is 114 Å². The SMILES string of the molecule is FC(F)(F)C(OC1=C(OC(C(F)(F)F)(C(F)(F)F)C(F)(F)F)C(OC(C(F)(F)F)(C(F)(F)F)C(F)(F)F)(OC(C(F)(F)F)(C(F)(F)F)C(F)(F)F)C(F)(F)C1(F)F)(C(F)(F)F)C(F)(F)F. The van der Waals surface area contributed by atoms with Crippen molar-refractivity contribution in [3.63, 3.8) is 0 Å². The third-order valence-corrected chi connectivity index (χ3v) is 7.49. The highest BCUT2D eigenvalue weighted by Gasteiger charge is 2.99. The fourth-order valence-corrected chi connectivity index (χ4v) is 4.61. The minimum absolute atomic E-state index is 0.934. The summed E-state index contributed by atoms with van der Waals surface area (Å²) in [6.07, 6.45) is -116. The van der Waals surface area contributed by atoms with E-state index in [1.165, 1.54) is 0 Å².